The monoisotopic (exact) mass is 400 g/mol. The number of nitrogens with zero attached hydrogens (tertiary/aromatic N) is 3. The zero-order valence-corrected chi connectivity index (χ0v) is 16.4. The topological polar surface area (TPSA) is 86.1 Å². The Morgan fingerprint density at radius 1 is 0.967 bits per heavy atom. The number of carbonyl (C=O) groups excluding carboxylic acids is 2. The highest BCUT2D eigenvalue weighted by Crippen LogP contribution is 2.17. The highest BCUT2D eigenvalue weighted by Gasteiger charge is 2.12. The van der Waals surface area contributed by atoms with Crippen molar-refractivity contribution in [2.24, 2.45) is 0 Å². The lowest BCUT2D eigenvalue weighted by molar-refractivity contribution is 0.0526. The maximum absolute atomic E-state index is 12.7. The van der Waals surface area contributed by atoms with Gasteiger partial charge in [0.1, 0.15) is 5.52 Å². The number of hydrogen-bond acceptors (Lipinski definition) is 5. The lowest BCUT2D eigenvalue weighted by Gasteiger charge is -2.08. The molecular formula is C23H20N4O3. The molecule has 0 aliphatic carbocycles. The highest BCUT2D eigenvalue weighted by atomic mass is 16.5. The van der Waals surface area contributed by atoms with E-state index in [2.05, 4.69) is 15.6 Å². The minimum Gasteiger partial charge on any atom is -0.462 e. The molecule has 0 saturated carbocycles. The molecule has 0 aliphatic rings. The van der Waals surface area contributed by atoms with Crippen LogP contribution in [0.2, 0.25) is 0 Å². The minimum absolute atomic E-state index is 0.292. The van der Waals surface area contributed by atoms with E-state index in [9.17, 15) is 9.59 Å². The third kappa shape index (κ3) is 4.20. The fourth-order valence-corrected chi connectivity index (χ4v) is 3.13. The van der Waals surface area contributed by atoms with Crippen LogP contribution in [0, 0.1) is 0 Å². The maximum atomic E-state index is 12.7. The fraction of sp³-hybridized carbons (Fsp3) is 0.130. The number of ether oxygens (including phenoxy) is 1. The van der Waals surface area contributed by atoms with Crippen molar-refractivity contribution in [3.8, 4) is 0 Å². The first-order valence-electron chi connectivity index (χ1n) is 9.60. The molecule has 1 N–H and O–H groups in total. The summed E-state index contributed by atoms with van der Waals surface area (Å²) in [6.45, 7) is 2.64. The number of fused-ring (bicyclic) bond motifs is 1. The summed E-state index contributed by atoms with van der Waals surface area (Å²) in [5.74, 6) is -0.722. The number of nitrogens with one attached hydrogen (secondary N) is 1. The predicted octanol–water partition coefficient (Wildman–Crippen LogP) is 3.91. The molecule has 7 heteroatoms. The average Bonchev–Trinajstić information content (AvgIpc) is 3.17. The maximum Gasteiger partial charge on any atom is 0.338 e. The van der Waals surface area contributed by atoms with Crippen molar-refractivity contribution in [2.75, 3.05) is 11.9 Å². The van der Waals surface area contributed by atoms with Crippen LogP contribution >= 0.6 is 0 Å². The Labute approximate surface area is 173 Å². The molecule has 0 radical (unpaired) electrons. The van der Waals surface area contributed by atoms with Crippen LogP contribution < -0.4 is 5.32 Å². The second kappa shape index (κ2) is 8.57. The van der Waals surface area contributed by atoms with Gasteiger partial charge in [-0.05, 0) is 48.9 Å². The molecule has 150 valence electrons. The van der Waals surface area contributed by atoms with Gasteiger partial charge in [-0.3, -0.25) is 4.79 Å². The summed E-state index contributed by atoms with van der Waals surface area (Å²) < 4.78 is 6.80. The zero-order chi connectivity index (χ0) is 20.9. The summed E-state index contributed by atoms with van der Waals surface area (Å²) in [5.41, 5.74) is 3.95. The Morgan fingerprint density at radius 2 is 1.80 bits per heavy atom. The van der Waals surface area contributed by atoms with E-state index in [-0.39, 0.29) is 5.91 Å². The van der Waals surface area contributed by atoms with E-state index in [1.165, 1.54) is 0 Å². The number of aromatic nitrogens is 3. The summed E-state index contributed by atoms with van der Waals surface area (Å²) >= 11 is 0. The number of benzene rings is 3. The molecule has 0 fully saturated rings. The summed E-state index contributed by atoms with van der Waals surface area (Å²) in [5, 5.41) is 11.2. The molecule has 0 bridgehead atoms. The number of esters is 1. The number of hydrogen-bond donors (Lipinski definition) is 1. The highest BCUT2D eigenvalue weighted by molar-refractivity contribution is 6.06. The molecule has 3 aromatic carbocycles. The van der Waals surface area contributed by atoms with Crippen molar-refractivity contribution in [2.45, 2.75) is 13.5 Å². The molecule has 7 nitrogen and oxygen atoms in total. The zero-order valence-electron chi connectivity index (χ0n) is 16.4. The Morgan fingerprint density at radius 3 is 2.60 bits per heavy atom. The van der Waals surface area contributed by atoms with E-state index < -0.39 is 5.97 Å². The predicted molar refractivity (Wildman–Crippen MR) is 113 cm³/mol. The summed E-state index contributed by atoms with van der Waals surface area (Å²) in [7, 11) is 0. The van der Waals surface area contributed by atoms with Crippen molar-refractivity contribution in [3.05, 3.63) is 89.5 Å². The lowest BCUT2D eigenvalue weighted by Crippen LogP contribution is -2.13. The van der Waals surface area contributed by atoms with Gasteiger partial charge in [0.2, 0.25) is 0 Å². The largest absolute Gasteiger partial charge is 0.462 e. The molecule has 0 unspecified atom stereocenters. The first kappa shape index (κ1) is 19.3. The van der Waals surface area contributed by atoms with Crippen LogP contribution in [0.15, 0.2) is 72.8 Å². The van der Waals surface area contributed by atoms with Crippen LogP contribution in [-0.4, -0.2) is 33.5 Å². The summed E-state index contributed by atoms with van der Waals surface area (Å²) in [6.07, 6.45) is 0. The van der Waals surface area contributed by atoms with Crippen molar-refractivity contribution in [3.63, 3.8) is 0 Å². The molecule has 30 heavy (non-hydrogen) atoms. The van der Waals surface area contributed by atoms with E-state index >= 15 is 0 Å². The summed E-state index contributed by atoms with van der Waals surface area (Å²) in [4.78, 5) is 24.6. The van der Waals surface area contributed by atoms with E-state index in [1.54, 1.807) is 48.0 Å². The van der Waals surface area contributed by atoms with Crippen LogP contribution in [0.1, 0.15) is 33.2 Å². The van der Waals surface area contributed by atoms with Gasteiger partial charge in [0, 0.05) is 11.3 Å². The third-order valence-corrected chi connectivity index (χ3v) is 4.58. The number of carbonyl (C=O) groups is 2. The molecular weight excluding hydrogens is 380 g/mol. The molecule has 0 spiro atoms. The first-order valence-corrected chi connectivity index (χ1v) is 9.60. The van der Waals surface area contributed by atoms with Gasteiger partial charge in [0.25, 0.3) is 5.91 Å². The fourth-order valence-electron chi connectivity index (χ4n) is 3.13. The quantitative estimate of drug-likeness (QED) is 0.496. The van der Waals surface area contributed by atoms with Crippen LogP contribution in [0.4, 0.5) is 5.69 Å². The van der Waals surface area contributed by atoms with Gasteiger partial charge in [-0.15, -0.1) is 5.10 Å². The molecule has 1 heterocycles. The van der Waals surface area contributed by atoms with Gasteiger partial charge < -0.3 is 10.1 Å². The smallest absolute Gasteiger partial charge is 0.338 e. The van der Waals surface area contributed by atoms with E-state index in [1.807, 2.05) is 36.4 Å². The van der Waals surface area contributed by atoms with Crippen LogP contribution in [0.25, 0.3) is 11.0 Å². The van der Waals surface area contributed by atoms with Gasteiger partial charge in [0.15, 0.2) is 0 Å². The number of rotatable bonds is 6. The van der Waals surface area contributed by atoms with E-state index in [0.29, 0.717) is 35.5 Å². The lowest BCUT2D eigenvalue weighted by atomic mass is 10.1. The Balaban J connectivity index is 1.52. The second-order valence-corrected chi connectivity index (χ2v) is 6.69. The standard InChI is InChI=1S/C23H20N4O3/c1-2-30-23(29)18-9-6-10-19(13-18)24-22(28)17-11-12-21-20(14-17)25-26-27(21)15-16-7-4-3-5-8-16/h3-14H,2,15H2,1H3,(H,24,28). The molecule has 0 saturated heterocycles. The van der Waals surface area contributed by atoms with Crippen LogP contribution in [0.3, 0.4) is 0 Å². The molecule has 0 atom stereocenters. The Kier molecular flexibility index (Phi) is 5.52. The van der Waals surface area contributed by atoms with E-state index in [0.717, 1.165) is 11.1 Å². The third-order valence-electron chi connectivity index (χ3n) is 4.58. The Bertz CT molecular complexity index is 1200. The minimum atomic E-state index is -0.426. The van der Waals surface area contributed by atoms with Crippen molar-refractivity contribution >= 4 is 28.6 Å². The van der Waals surface area contributed by atoms with Crippen LogP contribution in [-0.2, 0) is 11.3 Å². The van der Waals surface area contributed by atoms with Crippen molar-refractivity contribution in [1.29, 1.82) is 0 Å². The summed E-state index contributed by atoms with van der Waals surface area (Å²) in [6, 6.07) is 21.9. The van der Waals surface area contributed by atoms with Gasteiger partial charge in [-0.1, -0.05) is 41.6 Å². The van der Waals surface area contributed by atoms with Gasteiger partial charge in [-0.25, -0.2) is 9.48 Å². The molecule has 0 aliphatic heterocycles. The van der Waals surface area contributed by atoms with Gasteiger partial charge >= 0.3 is 5.97 Å². The molecule has 1 aromatic heterocycles. The molecule has 4 rings (SSSR count). The number of amides is 1. The first-order chi connectivity index (χ1) is 14.6. The van der Waals surface area contributed by atoms with Crippen LogP contribution in [0.5, 0.6) is 0 Å². The molecule has 4 aromatic rings. The number of anilines is 1. The second-order valence-electron chi connectivity index (χ2n) is 6.69. The van der Waals surface area contributed by atoms with E-state index in [4.69, 9.17) is 4.74 Å². The van der Waals surface area contributed by atoms with Gasteiger partial charge in [0.05, 0.1) is 24.2 Å². The van der Waals surface area contributed by atoms with Gasteiger partial charge in [-0.2, -0.15) is 0 Å². The Hall–Kier alpha value is -4.00. The van der Waals surface area contributed by atoms with Crippen molar-refractivity contribution < 1.29 is 14.3 Å². The SMILES string of the molecule is CCOC(=O)c1cccc(NC(=O)c2ccc3c(c2)nnn3Cc2ccccc2)c1. The average molecular weight is 400 g/mol. The van der Waals surface area contributed by atoms with Crippen molar-refractivity contribution in [1.82, 2.24) is 15.0 Å². The normalized spacial score (nSPS) is 10.7. The molecule has 1 amide bonds.